The summed E-state index contributed by atoms with van der Waals surface area (Å²) in [5.74, 6) is 0. The second kappa shape index (κ2) is 3.86. The zero-order valence-corrected chi connectivity index (χ0v) is 10.2. The molecule has 2 N–H and O–H groups in total. The van der Waals surface area contributed by atoms with Gasteiger partial charge in [-0.1, -0.05) is 48.0 Å². The van der Waals surface area contributed by atoms with Crippen molar-refractivity contribution in [1.29, 1.82) is 0 Å². The average Bonchev–Trinajstić information content (AvgIpc) is 3.10. The molecule has 0 spiro atoms. The minimum absolute atomic E-state index is 0.0431. The van der Waals surface area contributed by atoms with Gasteiger partial charge in [0.1, 0.15) is 0 Å². The van der Waals surface area contributed by atoms with Crippen molar-refractivity contribution in [2.24, 2.45) is 5.73 Å². The Morgan fingerprint density at radius 1 is 0.824 bits per heavy atom. The Kier molecular flexibility index (Phi) is 2.46. The molecule has 17 heavy (non-hydrogen) atoms. The molecule has 2 aromatic carbocycles. The van der Waals surface area contributed by atoms with Crippen LogP contribution in [-0.2, 0) is 5.54 Å². The summed E-state index contributed by atoms with van der Waals surface area (Å²) in [6.07, 6.45) is 2.21. The zero-order chi connectivity index (χ0) is 11.9. The topological polar surface area (TPSA) is 26.0 Å². The van der Waals surface area contributed by atoms with Crippen molar-refractivity contribution in [3.8, 4) is 11.1 Å². The van der Waals surface area contributed by atoms with Crippen molar-refractivity contribution in [1.82, 2.24) is 0 Å². The third kappa shape index (κ3) is 2.08. The predicted octanol–water partition coefficient (Wildman–Crippen LogP) is 3.95. The lowest BCUT2D eigenvalue weighted by Gasteiger charge is -2.10. The Hall–Kier alpha value is -1.31. The molecule has 0 unspecified atom stereocenters. The van der Waals surface area contributed by atoms with Crippen LogP contribution >= 0.6 is 11.6 Å². The lowest BCUT2D eigenvalue weighted by molar-refractivity contribution is 0.740. The molecular formula is C15H14ClN. The van der Waals surface area contributed by atoms with E-state index in [0.29, 0.717) is 0 Å². The quantitative estimate of drug-likeness (QED) is 0.849. The molecule has 2 heteroatoms. The van der Waals surface area contributed by atoms with Crippen molar-refractivity contribution in [2.75, 3.05) is 0 Å². The zero-order valence-electron chi connectivity index (χ0n) is 9.49. The molecule has 1 nitrogen and oxygen atoms in total. The van der Waals surface area contributed by atoms with E-state index in [0.717, 1.165) is 17.9 Å². The molecule has 2 aromatic rings. The number of halogens is 1. The SMILES string of the molecule is NC1(c2ccc(-c3ccc(Cl)cc3)cc2)CC1. The van der Waals surface area contributed by atoms with Crippen LogP contribution in [0.1, 0.15) is 18.4 Å². The van der Waals surface area contributed by atoms with Gasteiger partial charge >= 0.3 is 0 Å². The molecule has 0 atom stereocenters. The Bertz CT molecular complexity index is 524. The fourth-order valence-corrected chi connectivity index (χ4v) is 2.19. The number of hydrogen-bond donors (Lipinski definition) is 1. The number of rotatable bonds is 2. The maximum atomic E-state index is 6.16. The van der Waals surface area contributed by atoms with Gasteiger partial charge < -0.3 is 5.73 Å². The minimum Gasteiger partial charge on any atom is -0.321 e. The average molecular weight is 244 g/mol. The van der Waals surface area contributed by atoms with E-state index in [9.17, 15) is 0 Å². The highest BCUT2D eigenvalue weighted by Crippen LogP contribution is 2.42. The van der Waals surface area contributed by atoms with Gasteiger partial charge in [-0.15, -0.1) is 0 Å². The number of nitrogens with two attached hydrogens (primary N) is 1. The second-order valence-electron chi connectivity index (χ2n) is 4.74. The van der Waals surface area contributed by atoms with Crippen LogP contribution in [0.2, 0.25) is 5.02 Å². The summed E-state index contributed by atoms with van der Waals surface area (Å²) in [5.41, 5.74) is 9.75. The van der Waals surface area contributed by atoms with Gasteiger partial charge in [0.15, 0.2) is 0 Å². The summed E-state index contributed by atoms with van der Waals surface area (Å²) in [6, 6.07) is 16.4. The smallest absolute Gasteiger partial charge is 0.0411 e. The van der Waals surface area contributed by atoms with E-state index < -0.39 is 0 Å². The number of hydrogen-bond acceptors (Lipinski definition) is 1. The van der Waals surface area contributed by atoms with Crippen LogP contribution in [0.15, 0.2) is 48.5 Å². The molecule has 0 aromatic heterocycles. The molecule has 1 fully saturated rings. The standard InChI is InChI=1S/C15H14ClN/c16-14-7-3-12(4-8-14)11-1-5-13(6-2-11)15(17)9-10-15/h1-8H,9-10,17H2. The van der Waals surface area contributed by atoms with Crippen LogP contribution in [0.4, 0.5) is 0 Å². The van der Waals surface area contributed by atoms with Crippen LogP contribution in [0.25, 0.3) is 11.1 Å². The van der Waals surface area contributed by atoms with Gasteiger partial charge in [0.25, 0.3) is 0 Å². The highest BCUT2D eigenvalue weighted by atomic mass is 35.5. The fraction of sp³-hybridized carbons (Fsp3) is 0.200. The molecule has 0 aliphatic heterocycles. The van der Waals surface area contributed by atoms with Crippen LogP contribution in [0.5, 0.6) is 0 Å². The van der Waals surface area contributed by atoms with Crippen LogP contribution < -0.4 is 5.73 Å². The second-order valence-corrected chi connectivity index (χ2v) is 5.18. The largest absolute Gasteiger partial charge is 0.321 e. The first-order chi connectivity index (χ1) is 8.17. The summed E-state index contributed by atoms with van der Waals surface area (Å²) in [6.45, 7) is 0. The Labute approximate surface area is 106 Å². The third-order valence-electron chi connectivity index (χ3n) is 3.43. The molecule has 0 heterocycles. The van der Waals surface area contributed by atoms with Crippen molar-refractivity contribution < 1.29 is 0 Å². The van der Waals surface area contributed by atoms with E-state index in [2.05, 4.69) is 24.3 Å². The van der Waals surface area contributed by atoms with E-state index in [1.807, 2.05) is 24.3 Å². The summed E-state index contributed by atoms with van der Waals surface area (Å²) in [4.78, 5) is 0. The maximum Gasteiger partial charge on any atom is 0.0411 e. The van der Waals surface area contributed by atoms with E-state index in [1.54, 1.807) is 0 Å². The Morgan fingerprint density at radius 2 is 1.29 bits per heavy atom. The molecule has 1 aliphatic rings. The van der Waals surface area contributed by atoms with Crippen molar-refractivity contribution in [3.05, 3.63) is 59.1 Å². The van der Waals surface area contributed by atoms with Crippen LogP contribution in [0.3, 0.4) is 0 Å². The van der Waals surface area contributed by atoms with Crippen molar-refractivity contribution in [3.63, 3.8) is 0 Å². The van der Waals surface area contributed by atoms with Crippen LogP contribution in [0, 0.1) is 0 Å². The summed E-state index contributed by atoms with van der Waals surface area (Å²) in [5, 5.41) is 0.768. The number of benzene rings is 2. The highest BCUT2D eigenvalue weighted by Gasteiger charge is 2.39. The van der Waals surface area contributed by atoms with Crippen molar-refractivity contribution >= 4 is 11.6 Å². The minimum atomic E-state index is -0.0431. The Balaban J connectivity index is 1.91. The fourth-order valence-electron chi connectivity index (χ4n) is 2.06. The van der Waals surface area contributed by atoms with Gasteiger partial charge in [0.2, 0.25) is 0 Å². The van der Waals surface area contributed by atoms with E-state index in [4.69, 9.17) is 17.3 Å². The summed E-state index contributed by atoms with van der Waals surface area (Å²) >= 11 is 5.88. The first-order valence-corrected chi connectivity index (χ1v) is 6.21. The van der Waals surface area contributed by atoms with Gasteiger partial charge in [-0.3, -0.25) is 0 Å². The molecule has 0 bridgehead atoms. The van der Waals surface area contributed by atoms with E-state index in [1.165, 1.54) is 16.7 Å². The molecule has 1 aliphatic carbocycles. The molecule has 0 amide bonds. The molecule has 3 rings (SSSR count). The van der Waals surface area contributed by atoms with Gasteiger partial charge in [-0.05, 0) is 41.7 Å². The molecule has 1 saturated carbocycles. The summed E-state index contributed by atoms with van der Waals surface area (Å²) in [7, 11) is 0. The third-order valence-corrected chi connectivity index (χ3v) is 3.68. The lowest BCUT2D eigenvalue weighted by atomic mass is 10.0. The molecule has 86 valence electrons. The van der Waals surface area contributed by atoms with Crippen molar-refractivity contribution in [2.45, 2.75) is 18.4 Å². The van der Waals surface area contributed by atoms with Crippen LogP contribution in [-0.4, -0.2) is 0 Å². The first kappa shape index (κ1) is 10.8. The normalized spacial score (nSPS) is 16.8. The predicted molar refractivity (Wildman–Crippen MR) is 72.0 cm³/mol. The molecule has 0 saturated heterocycles. The van der Waals surface area contributed by atoms with Gasteiger partial charge in [-0.25, -0.2) is 0 Å². The van der Waals surface area contributed by atoms with E-state index in [-0.39, 0.29) is 5.54 Å². The molecular weight excluding hydrogens is 230 g/mol. The lowest BCUT2D eigenvalue weighted by Crippen LogP contribution is -2.18. The van der Waals surface area contributed by atoms with Gasteiger partial charge in [0.05, 0.1) is 0 Å². The monoisotopic (exact) mass is 243 g/mol. The molecule has 0 radical (unpaired) electrons. The van der Waals surface area contributed by atoms with E-state index >= 15 is 0 Å². The maximum absolute atomic E-state index is 6.16. The van der Waals surface area contributed by atoms with Gasteiger partial charge in [0, 0.05) is 10.6 Å². The first-order valence-electron chi connectivity index (χ1n) is 5.83. The highest BCUT2D eigenvalue weighted by molar-refractivity contribution is 6.30. The van der Waals surface area contributed by atoms with Gasteiger partial charge in [-0.2, -0.15) is 0 Å². The Morgan fingerprint density at radius 3 is 1.76 bits per heavy atom. The summed E-state index contributed by atoms with van der Waals surface area (Å²) < 4.78 is 0.